The Kier molecular flexibility index (Phi) is 7.95. The van der Waals surface area contributed by atoms with Crippen LogP contribution in [0.5, 0.6) is 17.2 Å². The van der Waals surface area contributed by atoms with Crippen LogP contribution in [0.2, 0.25) is 0 Å². The van der Waals surface area contributed by atoms with Crippen molar-refractivity contribution in [2.24, 2.45) is 0 Å². The molecule has 1 aromatic heterocycles. The summed E-state index contributed by atoms with van der Waals surface area (Å²) in [5, 5.41) is 2.98. The fourth-order valence-corrected chi connectivity index (χ4v) is 4.71. The SMILES string of the molecule is COc1cccc(CNC(=O)c2c(OC)cc(=O)n3c2CCN(Cc2ccc(OC)c(C)c2)CC3)c1. The molecule has 1 N–H and O–H groups in total. The number of methoxy groups -OCH3 is 3. The van der Waals surface area contributed by atoms with E-state index in [9.17, 15) is 9.59 Å². The fourth-order valence-electron chi connectivity index (χ4n) is 4.71. The summed E-state index contributed by atoms with van der Waals surface area (Å²) in [5.41, 5.74) is 4.15. The van der Waals surface area contributed by atoms with Gasteiger partial charge in [-0.05, 0) is 41.8 Å². The summed E-state index contributed by atoms with van der Waals surface area (Å²) in [5.74, 6) is 1.63. The molecule has 8 nitrogen and oxygen atoms in total. The van der Waals surface area contributed by atoms with Crippen molar-refractivity contribution in [2.75, 3.05) is 34.4 Å². The number of fused-ring (bicyclic) bond motifs is 1. The number of nitrogens with one attached hydrogen (secondary N) is 1. The van der Waals surface area contributed by atoms with Gasteiger partial charge in [-0.3, -0.25) is 14.5 Å². The first kappa shape index (κ1) is 25.3. The van der Waals surface area contributed by atoms with E-state index in [4.69, 9.17) is 14.2 Å². The van der Waals surface area contributed by atoms with Crippen LogP contribution in [0.1, 0.15) is 32.7 Å². The average molecular weight is 492 g/mol. The van der Waals surface area contributed by atoms with Crippen LogP contribution in [-0.4, -0.2) is 49.8 Å². The maximum atomic E-state index is 13.4. The highest BCUT2D eigenvalue weighted by molar-refractivity contribution is 5.98. The third-order valence-corrected chi connectivity index (χ3v) is 6.59. The minimum atomic E-state index is -0.266. The number of ether oxygens (including phenoxy) is 3. The molecule has 36 heavy (non-hydrogen) atoms. The molecule has 190 valence electrons. The second-order valence-corrected chi connectivity index (χ2v) is 8.89. The minimum Gasteiger partial charge on any atom is -0.497 e. The van der Waals surface area contributed by atoms with Crippen molar-refractivity contribution in [3.8, 4) is 17.2 Å². The van der Waals surface area contributed by atoms with Gasteiger partial charge in [-0.1, -0.05) is 24.3 Å². The zero-order valence-corrected chi connectivity index (χ0v) is 21.3. The van der Waals surface area contributed by atoms with Crippen LogP contribution in [0.15, 0.2) is 53.3 Å². The van der Waals surface area contributed by atoms with Gasteiger partial charge in [0, 0.05) is 50.9 Å². The smallest absolute Gasteiger partial charge is 0.257 e. The Bertz CT molecular complexity index is 1300. The number of pyridine rings is 1. The standard InChI is InChI=1S/C28H33N3O5/c1-19-14-21(8-9-24(19)35-3)18-30-11-10-23-27(25(36-4)16-26(32)31(23)13-12-30)28(33)29-17-20-6-5-7-22(15-20)34-2/h5-9,14-16H,10-13,17-18H2,1-4H3,(H,29,33). The van der Waals surface area contributed by atoms with Gasteiger partial charge in [0.1, 0.15) is 22.8 Å². The van der Waals surface area contributed by atoms with E-state index in [1.54, 1.807) is 18.8 Å². The first-order chi connectivity index (χ1) is 17.4. The number of benzene rings is 2. The van der Waals surface area contributed by atoms with Gasteiger partial charge >= 0.3 is 0 Å². The minimum absolute atomic E-state index is 0.159. The summed E-state index contributed by atoms with van der Waals surface area (Å²) in [4.78, 5) is 28.6. The lowest BCUT2D eigenvalue weighted by Gasteiger charge is -2.20. The van der Waals surface area contributed by atoms with Crippen LogP contribution in [0, 0.1) is 6.92 Å². The summed E-state index contributed by atoms with van der Waals surface area (Å²) in [6.45, 7) is 5.04. The molecule has 0 saturated carbocycles. The number of amides is 1. The molecule has 3 aromatic rings. The van der Waals surface area contributed by atoms with E-state index < -0.39 is 0 Å². The molecule has 4 rings (SSSR count). The van der Waals surface area contributed by atoms with Crippen LogP contribution >= 0.6 is 0 Å². The van der Waals surface area contributed by atoms with E-state index in [0.29, 0.717) is 49.6 Å². The first-order valence-corrected chi connectivity index (χ1v) is 12.0. The van der Waals surface area contributed by atoms with Crippen molar-refractivity contribution in [1.29, 1.82) is 0 Å². The molecule has 0 atom stereocenters. The molecular weight excluding hydrogens is 458 g/mol. The number of hydrogen-bond acceptors (Lipinski definition) is 6. The van der Waals surface area contributed by atoms with Crippen LogP contribution in [0.3, 0.4) is 0 Å². The van der Waals surface area contributed by atoms with Gasteiger partial charge in [0.05, 0.1) is 21.3 Å². The van der Waals surface area contributed by atoms with E-state index >= 15 is 0 Å². The topological polar surface area (TPSA) is 82.0 Å². The van der Waals surface area contributed by atoms with Gasteiger partial charge in [0.15, 0.2) is 0 Å². The fraction of sp³-hybridized carbons (Fsp3) is 0.357. The Hall–Kier alpha value is -3.78. The van der Waals surface area contributed by atoms with Crippen molar-refractivity contribution >= 4 is 5.91 Å². The summed E-state index contributed by atoms with van der Waals surface area (Å²) in [6, 6.07) is 15.1. The molecule has 0 spiro atoms. The molecule has 1 aliphatic heterocycles. The lowest BCUT2D eigenvalue weighted by atomic mass is 10.1. The van der Waals surface area contributed by atoms with E-state index in [1.807, 2.05) is 37.3 Å². The number of carbonyl (C=O) groups excluding carboxylic acids is 1. The van der Waals surface area contributed by atoms with Gasteiger partial charge in [0.25, 0.3) is 11.5 Å². The summed E-state index contributed by atoms with van der Waals surface area (Å²) in [6.07, 6.45) is 0.559. The second kappa shape index (κ2) is 11.3. The molecule has 0 saturated heterocycles. The van der Waals surface area contributed by atoms with Crippen LogP contribution in [0.4, 0.5) is 0 Å². The van der Waals surface area contributed by atoms with E-state index in [1.165, 1.54) is 18.7 Å². The predicted octanol–water partition coefficient (Wildman–Crippen LogP) is 3.17. The average Bonchev–Trinajstić information content (AvgIpc) is 3.10. The number of aryl methyl sites for hydroxylation is 1. The van der Waals surface area contributed by atoms with E-state index in [0.717, 1.165) is 29.2 Å². The summed E-state index contributed by atoms with van der Waals surface area (Å²) in [7, 11) is 4.77. The third-order valence-electron chi connectivity index (χ3n) is 6.59. The van der Waals surface area contributed by atoms with E-state index in [-0.39, 0.29) is 11.5 Å². The number of nitrogens with zero attached hydrogens (tertiary/aromatic N) is 2. The van der Waals surface area contributed by atoms with Crippen molar-refractivity contribution in [3.63, 3.8) is 0 Å². The molecule has 0 fully saturated rings. The molecule has 0 unspecified atom stereocenters. The number of aromatic nitrogens is 1. The van der Waals surface area contributed by atoms with Crippen LogP contribution in [0.25, 0.3) is 0 Å². The zero-order valence-electron chi connectivity index (χ0n) is 21.3. The van der Waals surface area contributed by atoms with Gasteiger partial charge in [-0.25, -0.2) is 0 Å². The van der Waals surface area contributed by atoms with Crippen molar-refractivity contribution < 1.29 is 19.0 Å². The van der Waals surface area contributed by atoms with Crippen molar-refractivity contribution in [2.45, 2.75) is 33.0 Å². The Balaban J connectivity index is 1.54. The first-order valence-electron chi connectivity index (χ1n) is 12.0. The molecule has 1 aliphatic rings. The largest absolute Gasteiger partial charge is 0.497 e. The van der Waals surface area contributed by atoms with Gasteiger partial charge in [-0.2, -0.15) is 0 Å². The van der Waals surface area contributed by atoms with Gasteiger partial charge in [0.2, 0.25) is 0 Å². The summed E-state index contributed by atoms with van der Waals surface area (Å²) < 4.78 is 17.8. The molecule has 2 heterocycles. The normalized spacial score (nSPS) is 13.4. The molecule has 1 amide bonds. The Morgan fingerprint density at radius 3 is 2.44 bits per heavy atom. The monoisotopic (exact) mass is 491 g/mol. The molecule has 2 aromatic carbocycles. The molecular formula is C28H33N3O5. The molecule has 0 radical (unpaired) electrons. The maximum absolute atomic E-state index is 13.4. The molecule has 8 heteroatoms. The molecule has 0 bridgehead atoms. The Morgan fingerprint density at radius 1 is 0.917 bits per heavy atom. The maximum Gasteiger partial charge on any atom is 0.257 e. The second-order valence-electron chi connectivity index (χ2n) is 8.89. The number of carbonyl (C=O) groups is 1. The van der Waals surface area contributed by atoms with E-state index in [2.05, 4.69) is 22.3 Å². The van der Waals surface area contributed by atoms with Crippen LogP contribution in [-0.2, 0) is 26.1 Å². The highest BCUT2D eigenvalue weighted by Gasteiger charge is 2.25. The highest BCUT2D eigenvalue weighted by Crippen LogP contribution is 2.24. The molecule has 0 aliphatic carbocycles. The Morgan fingerprint density at radius 2 is 1.72 bits per heavy atom. The zero-order chi connectivity index (χ0) is 25.7. The van der Waals surface area contributed by atoms with Crippen LogP contribution < -0.4 is 25.1 Å². The number of hydrogen-bond donors (Lipinski definition) is 1. The number of rotatable bonds is 8. The Labute approximate surface area is 211 Å². The summed E-state index contributed by atoms with van der Waals surface area (Å²) >= 11 is 0. The van der Waals surface area contributed by atoms with Gasteiger partial charge in [-0.15, -0.1) is 0 Å². The predicted molar refractivity (Wildman–Crippen MR) is 138 cm³/mol. The third kappa shape index (κ3) is 5.54. The lowest BCUT2D eigenvalue weighted by Crippen LogP contribution is -2.31. The highest BCUT2D eigenvalue weighted by atomic mass is 16.5. The van der Waals surface area contributed by atoms with Gasteiger partial charge < -0.3 is 24.1 Å². The lowest BCUT2D eigenvalue weighted by molar-refractivity contribution is 0.0945. The van der Waals surface area contributed by atoms with Crippen molar-refractivity contribution in [3.05, 3.63) is 86.8 Å². The van der Waals surface area contributed by atoms with Crippen molar-refractivity contribution in [1.82, 2.24) is 14.8 Å². The quantitative estimate of drug-likeness (QED) is 0.521.